The van der Waals surface area contributed by atoms with E-state index in [1.807, 2.05) is 44.2 Å². The van der Waals surface area contributed by atoms with Crippen molar-refractivity contribution in [2.24, 2.45) is 17.8 Å². The lowest BCUT2D eigenvalue weighted by atomic mass is 9.88. The fourth-order valence-electron chi connectivity index (χ4n) is 4.72. The number of hydrogen-bond acceptors (Lipinski definition) is 7. The largest absolute Gasteiger partial charge is 0.507 e. The molecule has 39 heavy (non-hydrogen) atoms. The molecule has 0 spiro atoms. The maximum atomic E-state index is 13.7. The molecule has 3 rings (SSSR count). The van der Waals surface area contributed by atoms with E-state index < -0.39 is 53.9 Å². The number of cyclic esters (lactones) is 1. The molecule has 2 aromatic rings. The minimum atomic E-state index is -1.33. The van der Waals surface area contributed by atoms with E-state index in [1.54, 1.807) is 19.1 Å². The number of nitrogens with one attached hydrogen (secondary N) is 2. The molecule has 1 heterocycles. The maximum Gasteiger partial charge on any atom is 0.312 e. The molecule has 1 fully saturated rings. The lowest BCUT2D eigenvalue weighted by Crippen LogP contribution is -2.57. The number of hydrogen-bond donors (Lipinski definition) is 4. The Morgan fingerprint density at radius 1 is 1.05 bits per heavy atom. The summed E-state index contributed by atoms with van der Waals surface area (Å²) in [6.07, 6.45) is -2.01. The number of para-hydroxylation sites is 1. The van der Waals surface area contributed by atoms with Crippen molar-refractivity contribution in [2.45, 2.75) is 71.2 Å². The number of Topliss-reactive ketones (excluding diaryl/α,β-unsaturated/α-hetero) is 1. The quantitative estimate of drug-likeness (QED) is 0.414. The molecule has 4 N–H and O–H groups in total. The number of rotatable bonds is 6. The Bertz CT molecular complexity index is 1170. The molecule has 1 aliphatic rings. The van der Waals surface area contributed by atoms with E-state index in [4.69, 9.17) is 4.74 Å². The van der Waals surface area contributed by atoms with Gasteiger partial charge in [-0.25, -0.2) is 0 Å². The second-order valence-electron chi connectivity index (χ2n) is 10.8. The van der Waals surface area contributed by atoms with Crippen LogP contribution >= 0.6 is 0 Å². The molecule has 9 heteroatoms. The predicted molar refractivity (Wildman–Crippen MR) is 145 cm³/mol. The van der Waals surface area contributed by atoms with Gasteiger partial charge in [-0.3, -0.25) is 19.2 Å². The van der Waals surface area contributed by atoms with E-state index >= 15 is 0 Å². The van der Waals surface area contributed by atoms with Crippen molar-refractivity contribution in [2.75, 3.05) is 0 Å². The highest BCUT2D eigenvalue weighted by Crippen LogP contribution is 2.23. The summed E-state index contributed by atoms with van der Waals surface area (Å²) in [4.78, 5) is 53.0. The zero-order valence-electron chi connectivity index (χ0n) is 22.8. The second kappa shape index (κ2) is 13.4. The van der Waals surface area contributed by atoms with Crippen molar-refractivity contribution in [3.8, 4) is 5.75 Å². The third-order valence-electron chi connectivity index (χ3n) is 7.04. The third-order valence-corrected chi connectivity index (χ3v) is 7.04. The van der Waals surface area contributed by atoms with Crippen LogP contribution < -0.4 is 10.6 Å². The van der Waals surface area contributed by atoms with Crippen LogP contribution in [0.1, 0.15) is 56.5 Å². The number of aliphatic hydroxyl groups excluding tert-OH is 1. The molecule has 2 aromatic carbocycles. The normalized spacial score (nSPS) is 26.7. The van der Waals surface area contributed by atoms with Gasteiger partial charge in [-0.05, 0) is 49.3 Å². The number of aromatic hydroxyl groups is 1. The lowest BCUT2D eigenvalue weighted by Gasteiger charge is -2.33. The van der Waals surface area contributed by atoms with Gasteiger partial charge in [-0.1, -0.05) is 63.2 Å². The molecule has 0 bridgehead atoms. The van der Waals surface area contributed by atoms with Crippen LogP contribution in [-0.4, -0.2) is 58.1 Å². The van der Waals surface area contributed by atoms with Crippen LogP contribution in [0.4, 0.5) is 0 Å². The summed E-state index contributed by atoms with van der Waals surface area (Å²) in [7, 11) is 0. The fraction of sp³-hybridized carbons (Fsp3) is 0.467. The topological polar surface area (TPSA) is 142 Å². The first kappa shape index (κ1) is 29.8. The van der Waals surface area contributed by atoms with Crippen molar-refractivity contribution in [3.63, 3.8) is 0 Å². The summed E-state index contributed by atoms with van der Waals surface area (Å²) in [6.45, 7) is 6.95. The molecular formula is C30H38N2O7. The van der Waals surface area contributed by atoms with Gasteiger partial charge in [0.05, 0.1) is 23.6 Å². The van der Waals surface area contributed by atoms with Crippen molar-refractivity contribution >= 4 is 23.6 Å². The molecule has 6 atom stereocenters. The Balaban J connectivity index is 1.99. The molecule has 210 valence electrons. The number of amides is 2. The van der Waals surface area contributed by atoms with Gasteiger partial charge in [0.1, 0.15) is 11.8 Å². The van der Waals surface area contributed by atoms with Crippen LogP contribution in [-0.2, 0) is 25.5 Å². The van der Waals surface area contributed by atoms with Gasteiger partial charge in [-0.2, -0.15) is 0 Å². The average Bonchev–Trinajstić information content (AvgIpc) is 2.89. The molecule has 9 nitrogen and oxygen atoms in total. The molecule has 0 aliphatic carbocycles. The first-order valence-corrected chi connectivity index (χ1v) is 13.3. The van der Waals surface area contributed by atoms with Crippen molar-refractivity contribution < 1.29 is 34.1 Å². The van der Waals surface area contributed by atoms with Gasteiger partial charge in [0.2, 0.25) is 5.91 Å². The van der Waals surface area contributed by atoms with Crippen molar-refractivity contribution in [1.29, 1.82) is 0 Å². The number of phenols is 1. The average molecular weight is 539 g/mol. The Kier molecular flexibility index (Phi) is 10.2. The van der Waals surface area contributed by atoms with Gasteiger partial charge >= 0.3 is 5.97 Å². The monoisotopic (exact) mass is 538 g/mol. The number of carbonyl (C=O) groups is 4. The van der Waals surface area contributed by atoms with Gasteiger partial charge in [0.25, 0.3) is 5.91 Å². The smallest absolute Gasteiger partial charge is 0.312 e. The molecule has 1 aliphatic heterocycles. The second-order valence-corrected chi connectivity index (χ2v) is 10.8. The SMILES string of the molecule is CC(C)CC1OC(=O)[C@H](C)[C@H](O)[C@H](Cc2ccccc2)NC(=O)[C@@H](NC(=O)c2ccccc2O)[C@@H](C)CC1=O. The summed E-state index contributed by atoms with van der Waals surface area (Å²) in [5, 5.41) is 26.9. The Labute approximate surface area is 228 Å². The van der Waals surface area contributed by atoms with Crippen LogP contribution in [0.5, 0.6) is 5.75 Å². The summed E-state index contributed by atoms with van der Waals surface area (Å²) < 4.78 is 5.62. The Hall–Kier alpha value is -3.72. The molecule has 1 saturated heterocycles. The molecule has 0 radical (unpaired) electrons. The van der Waals surface area contributed by atoms with Crippen LogP contribution in [0.15, 0.2) is 54.6 Å². The summed E-state index contributed by atoms with van der Waals surface area (Å²) >= 11 is 0. The minimum Gasteiger partial charge on any atom is -0.507 e. The summed E-state index contributed by atoms with van der Waals surface area (Å²) in [6, 6.07) is 13.1. The van der Waals surface area contributed by atoms with E-state index in [2.05, 4.69) is 10.6 Å². The number of esters is 1. The van der Waals surface area contributed by atoms with Crippen LogP contribution in [0.2, 0.25) is 0 Å². The minimum absolute atomic E-state index is 0.0175. The van der Waals surface area contributed by atoms with E-state index in [9.17, 15) is 29.4 Å². The van der Waals surface area contributed by atoms with E-state index in [1.165, 1.54) is 19.1 Å². The lowest BCUT2D eigenvalue weighted by molar-refractivity contribution is -0.164. The first-order valence-electron chi connectivity index (χ1n) is 13.3. The van der Waals surface area contributed by atoms with E-state index in [0.717, 1.165) is 5.56 Å². The van der Waals surface area contributed by atoms with Gasteiger partial charge in [0, 0.05) is 6.42 Å². The summed E-state index contributed by atoms with van der Waals surface area (Å²) in [5.74, 6) is -4.31. The Morgan fingerprint density at radius 3 is 2.33 bits per heavy atom. The highest BCUT2D eigenvalue weighted by atomic mass is 16.5. The van der Waals surface area contributed by atoms with Crippen molar-refractivity contribution in [3.05, 3.63) is 65.7 Å². The molecule has 1 unspecified atom stereocenters. The van der Waals surface area contributed by atoms with Gasteiger partial charge in [0.15, 0.2) is 11.9 Å². The van der Waals surface area contributed by atoms with Gasteiger partial charge < -0.3 is 25.6 Å². The first-order chi connectivity index (χ1) is 18.5. The number of carbonyl (C=O) groups excluding carboxylic acids is 4. The van der Waals surface area contributed by atoms with Crippen molar-refractivity contribution in [1.82, 2.24) is 10.6 Å². The molecule has 2 amide bonds. The molecule has 0 aromatic heterocycles. The van der Waals surface area contributed by atoms with E-state index in [0.29, 0.717) is 0 Å². The third kappa shape index (κ3) is 7.89. The number of phenolic OH excluding ortho intramolecular Hbond substituents is 1. The highest BCUT2D eigenvalue weighted by molar-refractivity contribution is 6.00. The van der Waals surface area contributed by atoms with E-state index in [-0.39, 0.29) is 42.3 Å². The van der Waals surface area contributed by atoms with Gasteiger partial charge in [-0.15, -0.1) is 0 Å². The molecular weight excluding hydrogens is 500 g/mol. The number of aliphatic hydroxyl groups is 1. The van der Waals surface area contributed by atoms with Crippen LogP contribution in [0.3, 0.4) is 0 Å². The number of benzene rings is 2. The number of ether oxygens (including phenoxy) is 1. The van der Waals surface area contributed by atoms with Crippen LogP contribution in [0, 0.1) is 17.8 Å². The molecule has 0 saturated carbocycles. The zero-order valence-corrected chi connectivity index (χ0v) is 22.8. The maximum absolute atomic E-state index is 13.7. The highest BCUT2D eigenvalue weighted by Gasteiger charge is 2.39. The number of ketones is 1. The zero-order chi connectivity index (χ0) is 28.7. The Morgan fingerprint density at radius 2 is 1.69 bits per heavy atom. The van der Waals surface area contributed by atoms with Crippen LogP contribution in [0.25, 0.3) is 0 Å². The predicted octanol–water partition coefficient (Wildman–Crippen LogP) is 2.78. The summed E-state index contributed by atoms with van der Waals surface area (Å²) in [5.41, 5.74) is 0.807. The fourth-order valence-corrected chi connectivity index (χ4v) is 4.72. The standard InChI is InChI=1S/C30H38N2O7/c1-17(2)14-25-24(34)15-18(3)26(32-28(36)21-12-8-9-13-23(21)33)29(37)31-22(16-20-10-6-5-7-11-20)27(35)19(4)30(38)39-25/h5-13,17-19,22,25-27,33,35H,14-16H2,1-4H3,(H,31,37)(H,32,36)/t18-,19+,22-,25?,26-,27-/m0/s1.